The van der Waals surface area contributed by atoms with Crippen LogP contribution in [0.1, 0.15) is 21.5 Å². The van der Waals surface area contributed by atoms with Crippen LogP contribution in [-0.2, 0) is 19.1 Å². The molecule has 0 fully saturated rings. The van der Waals surface area contributed by atoms with E-state index in [4.69, 9.17) is 5.11 Å². The molecular weight excluding hydrogens is 433 g/mol. The third-order valence-corrected chi connectivity index (χ3v) is 5.40. The summed E-state index contributed by atoms with van der Waals surface area (Å²) in [6.45, 7) is -0.405. The maximum atomic E-state index is 13.4. The van der Waals surface area contributed by atoms with Gasteiger partial charge in [-0.3, -0.25) is 14.2 Å². The van der Waals surface area contributed by atoms with E-state index < -0.39 is 24.1 Å². The predicted molar refractivity (Wildman–Crippen MR) is 118 cm³/mol. The number of aliphatic hydroxyl groups excluding tert-OH is 1. The van der Waals surface area contributed by atoms with Crippen molar-refractivity contribution in [1.82, 2.24) is 9.55 Å². The zero-order valence-corrected chi connectivity index (χ0v) is 17.3. The van der Waals surface area contributed by atoms with E-state index in [0.717, 1.165) is 11.6 Å². The molecule has 0 saturated heterocycles. The van der Waals surface area contributed by atoms with Gasteiger partial charge in [-0.05, 0) is 47.4 Å². The van der Waals surface area contributed by atoms with E-state index in [1.807, 2.05) is 0 Å². The number of carbonyl (C=O) groups is 1. The van der Waals surface area contributed by atoms with E-state index in [2.05, 4.69) is 4.98 Å². The van der Waals surface area contributed by atoms with Gasteiger partial charge in [0.2, 0.25) is 0 Å². The highest BCUT2D eigenvalue weighted by Gasteiger charge is 2.33. The zero-order valence-electron chi connectivity index (χ0n) is 17.3. The lowest BCUT2D eigenvalue weighted by atomic mass is 9.97. The summed E-state index contributed by atoms with van der Waals surface area (Å²) < 4.78 is 41.6. The molecule has 0 amide bonds. The van der Waals surface area contributed by atoms with Gasteiger partial charge in [-0.25, -0.2) is 4.98 Å². The Kier molecular flexibility index (Phi) is 6.11. The molecule has 0 radical (unpaired) electrons. The summed E-state index contributed by atoms with van der Waals surface area (Å²) in [5.41, 5.74) is 0.903. The van der Waals surface area contributed by atoms with Crippen molar-refractivity contribution >= 4 is 16.7 Å². The molecule has 5 nitrogen and oxygen atoms in total. The fraction of sp³-hybridized carbons (Fsp3) is 0.160. The molecule has 168 valence electrons. The first-order valence-corrected chi connectivity index (χ1v) is 10.2. The van der Waals surface area contributed by atoms with Crippen molar-refractivity contribution < 1.29 is 23.1 Å². The van der Waals surface area contributed by atoms with E-state index in [1.54, 1.807) is 36.4 Å². The van der Waals surface area contributed by atoms with Gasteiger partial charge in [0.1, 0.15) is 6.61 Å². The normalized spacial score (nSPS) is 11.6. The lowest BCUT2D eigenvalue weighted by molar-refractivity contribution is -0.137. The van der Waals surface area contributed by atoms with Crippen LogP contribution >= 0.6 is 0 Å². The number of halogens is 3. The minimum absolute atomic E-state index is 0.0949. The third-order valence-electron chi connectivity index (χ3n) is 5.40. The van der Waals surface area contributed by atoms with Crippen LogP contribution in [0.5, 0.6) is 0 Å². The number of ketones is 1. The summed E-state index contributed by atoms with van der Waals surface area (Å²) in [5.74, 6) is -0.498. The maximum Gasteiger partial charge on any atom is 0.417 e. The Balaban J connectivity index is 1.62. The molecule has 0 bridgehead atoms. The Morgan fingerprint density at radius 3 is 2.55 bits per heavy atom. The molecule has 0 atom stereocenters. The Bertz CT molecular complexity index is 1390. The molecule has 0 unspecified atom stereocenters. The molecule has 1 N–H and O–H groups in total. The molecule has 0 aliphatic rings. The molecule has 33 heavy (non-hydrogen) atoms. The lowest BCUT2D eigenvalue weighted by Gasteiger charge is -2.14. The van der Waals surface area contributed by atoms with Crippen molar-refractivity contribution in [2.75, 3.05) is 6.61 Å². The summed E-state index contributed by atoms with van der Waals surface area (Å²) in [4.78, 5) is 28.9. The molecule has 8 heteroatoms. The van der Waals surface area contributed by atoms with Crippen molar-refractivity contribution in [2.24, 2.45) is 0 Å². The number of fused-ring (bicyclic) bond motifs is 1. The number of aryl methyl sites for hydroxylation is 2. The number of hydrogen-bond donors (Lipinski definition) is 1. The van der Waals surface area contributed by atoms with Crippen LogP contribution in [0.2, 0.25) is 0 Å². The minimum Gasteiger partial charge on any atom is -0.388 e. The van der Waals surface area contributed by atoms with Gasteiger partial charge in [0.15, 0.2) is 5.78 Å². The van der Waals surface area contributed by atoms with Crippen LogP contribution in [0.3, 0.4) is 0 Å². The first-order valence-electron chi connectivity index (χ1n) is 10.2. The first-order chi connectivity index (χ1) is 15.8. The quantitative estimate of drug-likeness (QED) is 0.438. The van der Waals surface area contributed by atoms with Gasteiger partial charge in [0.25, 0.3) is 5.56 Å². The second kappa shape index (κ2) is 8.99. The predicted octanol–water partition coefficient (Wildman–Crippen LogP) is 4.50. The zero-order chi connectivity index (χ0) is 23.6. The smallest absolute Gasteiger partial charge is 0.388 e. The average Bonchev–Trinajstić information content (AvgIpc) is 2.82. The Morgan fingerprint density at radius 2 is 1.79 bits per heavy atom. The molecular formula is C25H19F3N2O3. The number of Topliss-reactive ketones (excluding diaryl/α,β-unsaturated/α-hetero) is 1. The number of carbonyl (C=O) groups excluding carboxylic acids is 1. The van der Waals surface area contributed by atoms with E-state index >= 15 is 0 Å². The number of aromatic nitrogens is 2. The number of aliphatic hydroxyl groups is 1. The monoisotopic (exact) mass is 452 g/mol. The van der Waals surface area contributed by atoms with Crippen LogP contribution in [-0.4, -0.2) is 27.0 Å². The van der Waals surface area contributed by atoms with E-state index in [0.29, 0.717) is 17.5 Å². The van der Waals surface area contributed by atoms with Crippen LogP contribution in [0.25, 0.3) is 22.0 Å². The fourth-order valence-electron chi connectivity index (χ4n) is 3.71. The molecule has 0 aliphatic carbocycles. The molecule has 1 heterocycles. The van der Waals surface area contributed by atoms with E-state index in [-0.39, 0.29) is 28.6 Å². The average molecular weight is 452 g/mol. The summed E-state index contributed by atoms with van der Waals surface area (Å²) in [5, 5.41) is 9.30. The van der Waals surface area contributed by atoms with Gasteiger partial charge < -0.3 is 5.11 Å². The van der Waals surface area contributed by atoms with Gasteiger partial charge in [0, 0.05) is 12.1 Å². The fourth-order valence-corrected chi connectivity index (χ4v) is 3.71. The van der Waals surface area contributed by atoms with Gasteiger partial charge in [-0.15, -0.1) is 0 Å². The summed E-state index contributed by atoms with van der Waals surface area (Å²) in [6, 6.07) is 16.6. The first kappa shape index (κ1) is 22.4. The SMILES string of the molecule is O=C(CO)c1ccc2ncn(CCc3cccc(-c4ccccc4C(F)(F)F)c3)c(=O)c2c1. The number of alkyl halides is 3. The van der Waals surface area contributed by atoms with Gasteiger partial charge in [-0.2, -0.15) is 13.2 Å². The largest absolute Gasteiger partial charge is 0.417 e. The lowest BCUT2D eigenvalue weighted by Crippen LogP contribution is -2.22. The highest BCUT2D eigenvalue weighted by atomic mass is 19.4. The summed E-state index contributed by atoms with van der Waals surface area (Å²) >= 11 is 0. The number of benzene rings is 3. The second-order valence-corrected chi connectivity index (χ2v) is 7.55. The second-order valence-electron chi connectivity index (χ2n) is 7.55. The van der Waals surface area contributed by atoms with Crippen molar-refractivity contribution in [3.05, 3.63) is 100 Å². The molecule has 4 rings (SSSR count). The number of nitrogens with zero attached hydrogens (tertiary/aromatic N) is 2. The van der Waals surface area contributed by atoms with Gasteiger partial charge in [-0.1, -0.05) is 42.5 Å². The van der Waals surface area contributed by atoms with Crippen LogP contribution < -0.4 is 5.56 Å². The highest BCUT2D eigenvalue weighted by Crippen LogP contribution is 2.37. The molecule has 0 spiro atoms. The van der Waals surface area contributed by atoms with Gasteiger partial charge in [0.05, 0.1) is 22.8 Å². The van der Waals surface area contributed by atoms with Gasteiger partial charge >= 0.3 is 6.18 Å². The van der Waals surface area contributed by atoms with E-state index in [1.165, 1.54) is 35.2 Å². The Hall–Kier alpha value is -3.78. The minimum atomic E-state index is -4.47. The Morgan fingerprint density at radius 1 is 1.00 bits per heavy atom. The molecule has 1 aromatic heterocycles. The molecule has 0 saturated carbocycles. The van der Waals surface area contributed by atoms with Crippen molar-refractivity contribution in [1.29, 1.82) is 0 Å². The standard InChI is InChI=1S/C25H19F3N2O3/c26-25(27,28)21-7-2-1-6-19(21)17-5-3-4-16(12-17)10-11-30-15-29-22-9-8-18(23(32)14-31)13-20(22)24(30)33/h1-9,12-13,15,31H,10-11,14H2. The molecule has 3 aromatic carbocycles. The topological polar surface area (TPSA) is 72.2 Å². The highest BCUT2D eigenvalue weighted by molar-refractivity contribution is 5.99. The van der Waals surface area contributed by atoms with Crippen LogP contribution in [0.15, 0.2) is 77.9 Å². The molecule has 4 aromatic rings. The number of hydrogen-bond acceptors (Lipinski definition) is 4. The molecule has 0 aliphatic heterocycles. The number of rotatable bonds is 6. The van der Waals surface area contributed by atoms with Crippen LogP contribution in [0.4, 0.5) is 13.2 Å². The van der Waals surface area contributed by atoms with Crippen LogP contribution in [0, 0.1) is 0 Å². The van der Waals surface area contributed by atoms with E-state index in [9.17, 15) is 22.8 Å². The summed E-state index contributed by atoms with van der Waals surface area (Å²) in [6.07, 6.45) is -2.67. The Labute approximate surface area is 186 Å². The van der Waals surface area contributed by atoms with Crippen molar-refractivity contribution in [3.63, 3.8) is 0 Å². The summed E-state index contributed by atoms with van der Waals surface area (Å²) in [7, 11) is 0. The third kappa shape index (κ3) is 4.70. The van der Waals surface area contributed by atoms with Crippen molar-refractivity contribution in [3.8, 4) is 11.1 Å². The maximum absolute atomic E-state index is 13.4. The van der Waals surface area contributed by atoms with Crippen molar-refractivity contribution in [2.45, 2.75) is 19.1 Å².